The number of fused-ring (bicyclic) bond motifs is 2. The highest BCUT2D eigenvalue weighted by Crippen LogP contribution is 2.40. The summed E-state index contributed by atoms with van der Waals surface area (Å²) in [5, 5.41) is 1.00. The van der Waals surface area contributed by atoms with Crippen molar-refractivity contribution in [3.8, 4) is 0 Å². The van der Waals surface area contributed by atoms with Gasteiger partial charge in [0.2, 0.25) is 0 Å². The van der Waals surface area contributed by atoms with Crippen LogP contribution in [0.15, 0.2) is 42.7 Å². The van der Waals surface area contributed by atoms with Gasteiger partial charge in [0.15, 0.2) is 0 Å². The SMILES string of the molecule is NC(=O)c1sc2ccncc2c1N1Cc2ccccc2C1. The summed E-state index contributed by atoms with van der Waals surface area (Å²) in [6.45, 7) is 1.61. The zero-order valence-electron chi connectivity index (χ0n) is 11.2. The first-order valence-electron chi connectivity index (χ1n) is 6.72. The predicted molar refractivity (Wildman–Crippen MR) is 84.5 cm³/mol. The quantitative estimate of drug-likeness (QED) is 0.791. The maximum Gasteiger partial charge on any atom is 0.260 e. The number of rotatable bonds is 2. The third-order valence-corrected chi connectivity index (χ3v) is 5.02. The molecule has 104 valence electrons. The molecule has 0 bridgehead atoms. The summed E-state index contributed by atoms with van der Waals surface area (Å²) in [7, 11) is 0. The van der Waals surface area contributed by atoms with E-state index in [4.69, 9.17) is 5.73 Å². The average Bonchev–Trinajstić information content (AvgIpc) is 3.07. The van der Waals surface area contributed by atoms with Gasteiger partial charge in [0.25, 0.3) is 5.91 Å². The fourth-order valence-corrected chi connectivity index (χ4v) is 3.95. The van der Waals surface area contributed by atoms with Gasteiger partial charge in [-0.15, -0.1) is 11.3 Å². The van der Waals surface area contributed by atoms with E-state index in [1.165, 1.54) is 22.5 Å². The van der Waals surface area contributed by atoms with E-state index in [1.807, 2.05) is 24.4 Å². The van der Waals surface area contributed by atoms with Crippen LogP contribution < -0.4 is 10.6 Å². The minimum absolute atomic E-state index is 0.373. The van der Waals surface area contributed by atoms with Gasteiger partial charge in [0, 0.05) is 35.6 Å². The highest BCUT2D eigenvalue weighted by molar-refractivity contribution is 7.21. The number of benzene rings is 1. The van der Waals surface area contributed by atoms with Crippen molar-refractivity contribution in [3.63, 3.8) is 0 Å². The number of pyridine rings is 1. The number of primary amides is 1. The van der Waals surface area contributed by atoms with Crippen molar-refractivity contribution < 1.29 is 4.79 Å². The first kappa shape index (κ1) is 12.3. The number of thiophene rings is 1. The highest BCUT2D eigenvalue weighted by atomic mass is 32.1. The van der Waals surface area contributed by atoms with Crippen LogP contribution in [0.1, 0.15) is 20.8 Å². The van der Waals surface area contributed by atoms with Crippen LogP contribution >= 0.6 is 11.3 Å². The summed E-state index contributed by atoms with van der Waals surface area (Å²) in [6.07, 6.45) is 3.56. The van der Waals surface area contributed by atoms with Crippen LogP contribution in [0.3, 0.4) is 0 Å². The monoisotopic (exact) mass is 295 g/mol. The minimum atomic E-state index is -0.373. The van der Waals surface area contributed by atoms with E-state index in [1.54, 1.807) is 6.20 Å². The largest absolute Gasteiger partial charge is 0.365 e. The Kier molecular flexibility index (Phi) is 2.68. The van der Waals surface area contributed by atoms with Crippen molar-refractivity contribution >= 4 is 33.0 Å². The van der Waals surface area contributed by atoms with E-state index >= 15 is 0 Å². The lowest BCUT2D eigenvalue weighted by Gasteiger charge is -2.18. The molecule has 4 nitrogen and oxygen atoms in total. The normalized spacial score (nSPS) is 13.6. The van der Waals surface area contributed by atoms with E-state index < -0.39 is 0 Å². The van der Waals surface area contributed by atoms with Gasteiger partial charge < -0.3 is 10.6 Å². The lowest BCUT2D eigenvalue weighted by molar-refractivity contribution is 0.100. The molecule has 1 aliphatic heterocycles. The second-order valence-electron chi connectivity index (χ2n) is 5.14. The highest BCUT2D eigenvalue weighted by Gasteiger charge is 2.26. The van der Waals surface area contributed by atoms with Gasteiger partial charge in [0.05, 0.1) is 5.69 Å². The number of nitrogens with two attached hydrogens (primary N) is 1. The molecular formula is C16H13N3OS. The van der Waals surface area contributed by atoms with Crippen molar-refractivity contribution in [1.29, 1.82) is 0 Å². The summed E-state index contributed by atoms with van der Waals surface area (Å²) in [4.78, 5) is 18.8. The van der Waals surface area contributed by atoms with E-state index in [0.29, 0.717) is 4.88 Å². The lowest BCUT2D eigenvalue weighted by Crippen LogP contribution is -2.19. The predicted octanol–water partition coefficient (Wildman–Crippen LogP) is 2.92. The second-order valence-corrected chi connectivity index (χ2v) is 6.19. The van der Waals surface area contributed by atoms with E-state index in [-0.39, 0.29) is 5.91 Å². The number of anilines is 1. The number of carbonyl (C=O) groups is 1. The molecule has 2 N–H and O–H groups in total. The molecule has 0 atom stereocenters. The molecule has 1 aromatic carbocycles. The van der Waals surface area contributed by atoms with E-state index in [9.17, 15) is 4.79 Å². The molecular weight excluding hydrogens is 282 g/mol. The summed E-state index contributed by atoms with van der Waals surface area (Å²) in [5.74, 6) is -0.373. The van der Waals surface area contributed by atoms with E-state index in [2.05, 4.69) is 22.0 Å². The number of amides is 1. The molecule has 1 aliphatic rings. The van der Waals surface area contributed by atoms with Crippen LogP contribution in [0.25, 0.3) is 10.1 Å². The number of hydrogen-bond donors (Lipinski definition) is 1. The number of hydrogen-bond acceptors (Lipinski definition) is 4. The standard InChI is InChI=1S/C16H13N3OS/c17-16(20)15-14(12-7-18-6-5-13(12)21-15)19-8-10-3-1-2-4-11(10)9-19/h1-7H,8-9H2,(H2,17,20). The molecule has 0 saturated heterocycles. The summed E-state index contributed by atoms with van der Waals surface area (Å²) in [5.41, 5.74) is 9.10. The fourth-order valence-electron chi connectivity index (χ4n) is 2.90. The molecule has 3 aromatic rings. The molecule has 2 aromatic heterocycles. The summed E-state index contributed by atoms with van der Waals surface area (Å²) < 4.78 is 1.05. The first-order chi connectivity index (χ1) is 10.2. The van der Waals surface area contributed by atoms with Gasteiger partial charge in [-0.1, -0.05) is 24.3 Å². The van der Waals surface area contributed by atoms with Gasteiger partial charge in [-0.3, -0.25) is 9.78 Å². The molecule has 1 amide bonds. The Morgan fingerprint density at radius 3 is 2.57 bits per heavy atom. The minimum Gasteiger partial charge on any atom is -0.365 e. The van der Waals surface area contributed by atoms with Crippen molar-refractivity contribution in [3.05, 3.63) is 58.7 Å². The average molecular weight is 295 g/mol. The van der Waals surface area contributed by atoms with Crippen LogP contribution in [0.4, 0.5) is 5.69 Å². The third kappa shape index (κ3) is 1.89. The Balaban J connectivity index is 1.87. The molecule has 0 saturated carbocycles. The first-order valence-corrected chi connectivity index (χ1v) is 7.54. The van der Waals surface area contributed by atoms with Crippen molar-refractivity contribution in [2.75, 3.05) is 4.90 Å². The zero-order chi connectivity index (χ0) is 14.4. The van der Waals surface area contributed by atoms with Gasteiger partial charge in [0.1, 0.15) is 4.88 Å². The van der Waals surface area contributed by atoms with Crippen molar-refractivity contribution in [1.82, 2.24) is 4.98 Å². The Morgan fingerprint density at radius 2 is 1.90 bits per heavy atom. The van der Waals surface area contributed by atoms with Crippen LogP contribution in [0.5, 0.6) is 0 Å². The Bertz CT molecular complexity index is 831. The molecule has 21 heavy (non-hydrogen) atoms. The summed E-state index contributed by atoms with van der Waals surface area (Å²) >= 11 is 1.44. The van der Waals surface area contributed by atoms with Crippen LogP contribution in [-0.2, 0) is 13.1 Å². The third-order valence-electron chi connectivity index (χ3n) is 3.84. The van der Waals surface area contributed by atoms with Crippen LogP contribution in [0.2, 0.25) is 0 Å². The Morgan fingerprint density at radius 1 is 1.19 bits per heavy atom. The second kappa shape index (κ2) is 4.56. The Labute approximate surface area is 125 Å². The molecule has 0 fully saturated rings. The van der Waals surface area contributed by atoms with Gasteiger partial charge in [-0.25, -0.2) is 0 Å². The van der Waals surface area contributed by atoms with Gasteiger partial charge >= 0.3 is 0 Å². The van der Waals surface area contributed by atoms with Crippen molar-refractivity contribution in [2.45, 2.75) is 13.1 Å². The maximum absolute atomic E-state index is 11.8. The van der Waals surface area contributed by atoms with Gasteiger partial charge in [-0.05, 0) is 17.2 Å². The smallest absolute Gasteiger partial charge is 0.260 e. The zero-order valence-corrected chi connectivity index (χ0v) is 12.1. The van der Waals surface area contributed by atoms with Crippen LogP contribution in [0, 0.1) is 0 Å². The number of aromatic nitrogens is 1. The summed E-state index contributed by atoms with van der Waals surface area (Å²) in [6, 6.07) is 10.3. The fraction of sp³-hybridized carbons (Fsp3) is 0.125. The topological polar surface area (TPSA) is 59.2 Å². The lowest BCUT2D eigenvalue weighted by atomic mass is 10.1. The molecule has 0 unspecified atom stereocenters. The van der Waals surface area contributed by atoms with Crippen molar-refractivity contribution in [2.24, 2.45) is 5.73 Å². The number of carbonyl (C=O) groups excluding carboxylic acids is 1. The van der Waals surface area contributed by atoms with Gasteiger partial charge in [-0.2, -0.15) is 0 Å². The van der Waals surface area contributed by atoms with E-state index in [0.717, 1.165) is 28.9 Å². The molecule has 0 radical (unpaired) electrons. The van der Waals surface area contributed by atoms with Crippen LogP contribution in [-0.4, -0.2) is 10.9 Å². The maximum atomic E-state index is 11.8. The molecule has 0 aliphatic carbocycles. The molecule has 3 heterocycles. The molecule has 4 rings (SSSR count). The molecule has 0 spiro atoms. The molecule has 5 heteroatoms. The Hall–Kier alpha value is -2.40. The number of nitrogens with zero attached hydrogens (tertiary/aromatic N) is 2.